The third kappa shape index (κ3) is 7.47. The molecule has 1 atom stereocenters. The second kappa shape index (κ2) is 12.8. The Kier molecular flexibility index (Phi) is 9.52. The van der Waals surface area contributed by atoms with Crippen LogP contribution in [-0.4, -0.2) is 45.7 Å². The van der Waals surface area contributed by atoms with E-state index < -0.39 is 0 Å². The van der Waals surface area contributed by atoms with E-state index in [0.717, 1.165) is 5.56 Å². The molecule has 1 amide bonds. The van der Waals surface area contributed by atoms with E-state index in [1.807, 2.05) is 19.1 Å². The van der Waals surface area contributed by atoms with Gasteiger partial charge in [-0.3, -0.25) is 9.59 Å². The van der Waals surface area contributed by atoms with Crippen molar-refractivity contribution in [3.05, 3.63) is 88.4 Å². The first kappa shape index (κ1) is 26.1. The van der Waals surface area contributed by atoms with Crippen molar-refractivity contribution in [1.82, 2.24) is 5.32 Å². The van der Waals surface area contributed by atoms with Crippen LogP contribution in [0.2, 0.25) is 5.02 Å². The van der Waals surface area contributed by atoms with Crippen molar-refractivity contribution < 1.29 is 28.5 Å². The summed E-state index contributed by atoms with van der Waals surface area (Å²) in [5, 5.41) is 3.47. The first-order valence-corrected chi connectivity index (χ1v) is 11.4. The summed E-state index contributed by atoms with van der Waals surface area (Å²) in [5.74, 6) is 1.26. The highest BCUT2D eigenvalue weighted by atomic mass is 35.5. The van der Waals surface area contributed by atoms with E-state index in [-0.39, 0.29) is 24.3 Å². The molecular formula is C27H28ClNO6. The van der Waals surface area contributed by atoms with Crippen molar-refractivity contribution in [3.8, 4) is 17.2 Å². The van der Waals surface area contributed by atoms with Gasteiger partial charge in [-0.25, -0.2) is 0 Å². The van der Waals surface area contributed by atoms with Gasteiger partial charge >= 0.3 is 0 Å². The third-order valence-electron chi connectivity index (χ3n) is 5.20. The quantitative estimate of drug-likeness (QED) is 0.284. The summed E-state index contributed by atoms with van der Waals surface area (Å²) in [6.07, 6.45) is 0. The van der Waals surface area contributed by atoms with Crippen LogP contribution in [0.3, 0.4) is 0 Å². The smallest absolute Gasteiger partial charge is 0.258 e. The van der Waals surface area contributed by atoms with Gasteiger partial charge in [0, 0.05) is 23.3 Å². The number of rotatable bonds is 12. The van der Waals surface area contributed by atoms with Crippen molar-refractivity contribution in [2.45, 2.75) is 13.0 Å². The SMILES string of the molecule is COCCOc1ccc(C(C)NC(=O)COc2ccc(C(=O)c3ccc(Cl)cc3)cc2)cc1OC. The van der Waals surface area contributed by atoms with Gasteiger partial charge < -0.3 is 24.3 Å². The van der Waals surface area contributed by atoms with Crippen LogP contribution < -0.4 is 19.5 Å². The molecule has 8 heteroatoms. The average Bonchev–Trinajstić information content (AvgIpc) is 2.88. The van der Waals surface area contributed by atoms with E-state index in [1.54, 1.807) is 68.8 Å². The molecule has 0 aliphatic heterocycles. The Labute approximate surface area is 209 Å². The molecule has 184 valence electrons. The molecule has 0 radical (unpaired) electrons. The molecule has 1 unspecified atom stereocenters. The number of hydrogen-bond donors (Lipinski definition) is 1. The van der Waals surface area contributed by atoms with Crippen LogP contribution in [-0.2, 0) is 9.53 Å². The van der Waals surface area contributed by atoms with Crippen LogP contribution in [0.1, 0.15) is 34.5 Å². The predicted octanol–water partition coefficient (Wildman–Crippen LogP) is 4.86. The van der Waals surface area contributed by atoms with Gasteiger partial charge in [-0.2, -0.15) is 0 Å². The van der Waals surface area contributed by atoms with Gasteiger partial charge in [-0.05, 0) is 73.2 Å². The summed E-state index contributed by atoms with van der Waals surface area (Å²) in [7, 11) is 3.17. The number of carbonyl (C=O) groups excluding carboxylic acids is 2. The first-order valence-electron chi connectivity index (χ1n) is 11.0. The van der Waals surface area contributed by atoms with Crippen molar-refractivity contribution in [2.24, 2.45) is 0 Å². The topological polar surface area (TPSA) is 83.1 Å². The fraction of sp³-hybridized carbons (Fsp3) is 0.259. The number of amides is 1. The number of carbonyl (C=O) groups is 2. The minimum absolute atomic E-state index is 0.120. The molecule has 0 saturated heterocycles. The van der Waals surface area contributed by atoms with E-state index in [1.165, 1.54) is 0 Å². The minimum Gasteiger partial charge on any atom is -0.493 e. The summed E-state index contributed by atoms with van der Waals surface area (Å²) in [4.78, 5) is 25.0. The highest BCUT2D eigenvalue weighted by Gasteiger charge is 2.14. The zero-order chi connectivity index (χ0) is 25.2. The summed E-state index contributed by atoms with van der Waals surface area (Å²) in [6.45, 7) is 2.59. The van der Waals surface area contributed by atoms with Gasteiger partial charge in [0.1, 0.15) is 12.4 Å². The van der Waals surface area contributed by atoms with Crippen LogP contribution in [0.25, 0.3) is 0 Å². The summed E-state index contributed by atoms with van der Waals surface area (Å²) >= 11 is 5.88. The lowest BCUT2D eigenvalue weighted by atomic mass is 10.0. The molecule has 3 aromatic rings. The Balaban J connectivity index is 1.52. The zero-order valence-corrected chi connectivity index (χ0v) is 20.6. The normalized spacial score (nSPS) is 11.4. The molecule has 1 N–H and O–H groups in total. The molecule has 0 fully saturated rings. The van der Waals surface area contributed by atoms with E-state index in [4.69, 9.17) is 30.5 Å². The number of methoxy groups -OCH3 is 2. The Hall–Kier alpha value is -3.55. The number of ether oxygens (including phenoxy) is 4. The van der Waals surface area contributed by atoms with E-state index in [0.29, 0.717) is 46.6 Å². The van der Waals surface area contributed by atoms with E-state index >= 15 is 0 Å². The fourth-order valence-corrected chi connectivity index (χ4v) is 3.42. The molecule has 35 heavy (non-hydrogen) atoms. The molecule has 3 rings (SSSR count). The molecule has 0 spiro atoms. The van der Waals surface area contributed by atoms with Crippen molar-refractivity contribution in [2.75, 3.05) is 34.0 Å². The fourth-order valence-electron chi connectivity index (χ4n) is 3.29. The summed E-state index contributed by atoms with van der Waals surface area (Å²) in [6, 6.07) is 18.6. The summed E-state index contributed by atoms with van der Waals surface area (Å²) < 4.78 is 21.6. The molecule has 7 nitrogen and oxygen atoms in total. The lowest BCUT2D eigenvalue weighted by molar-refractivity contribution is -0.123. The average molecular weight is 498 g/mol. The van der Waals surface area contributed by atoms with Crippen LogP contribution in [0.5, 0.6) is 17.2 Å². The number of halogens is 1. The maximum atomic E-state index is 12.6. The predicted molar refractivity (Wildman–Crippen MR) is 134 cm³/mol. The van der Waals surface area contributed by atoms with Gasteiger partial charge in [0.15, 0.2) is 23.9 Å². The van der Waals surface area contributed by atoms with E-state index in [2.05, 4.69) is 5.32 Å². The van der Waals surface area contributed by atoms with Gasteiger partial charge in [0.05, 0.1) is 19.8 Å². The Bertz CT molecular complexity index is 1130. The maximum absolute atomic E-state index is 12.6. The van der Waals surface area contributed by atoms with Gasteiger partial charge in [-0.1, -0.05) is 17.7 Å². The van der Waals surface area contributed by atoms with Crippen LogP contribution in [0, 0.1) is 0 Å². The number of benzene rings is 3. The molecule has 0 bridgehead atoms. The van der Waals surface area contributed by atoms with Crippen molar-refractivity contribution in [3.63, 3.8) is 0 Å². The van der Waals surface area contributed by atoms with Gasteiger partial charge in [0.25, 0.3) is 5.91 Å². The standard InChI is InChI=1S/C27H28ClNO6/c1-18(21-8-13-24(25(16-21)33-3)34-15-14-32-2)29-26(30)17-35-23-11-6-20(7-12-23)27(31)19-4-9-22(28)10-5-19/h4-13,16,18H,14-15,17H2,1-3H3,(H,29,30). The van der Waals surface area contributed by atoms with Crippen molar-refractivity contribution >= 4 is 23.3 Å². The van der Waals surface area contributed by atoms with E-state index in [9.17, 15) is 9.59 Å². The summed E-state index contributed by atoms with van der Waals surface area (Å²) in [5.41, 5.74) is 1.92. The van der Waals surface area contributed by atoms with Gasteiger partial charge in [0.2, 0.25) is 0 Å². The van der Waals surface area contributed by atoms with Crippen molar-refractivity contribution in [1.29, 1.82) is 0 Å². The Morgan fingerprint density at radius 2 is 1.51 bits per heavy atom. The molecule has 0 aliphatic carbocycles. The molecule has 0 aromatic heterocycles. The third-order valence-corrected chi connectivity index (χ3v) is 5.46. The minimum atomic E-state index is -0.279. The Morgan fingerprint density at radius 3 is 2.14 bits per heavy atom. The highest BCUT2D eigenvalue weighted by molar-refractivity contribution is 6.30. The first-order chi connectivity index (χ1) is 16.9. The molecule has 0 saturated carbocycles. The highest BCUT2D eigenvalue weighted by Crippen LogP contribution is 2.30. The Morgan fingerprint density at radius 1 is 0.857 bits per heavy atom. The van der Waals surface area contributed by atoms with Gasteiger partial charge in [-0.15, -0.1) is 0 Å². The zero-order valence-electron chi connectivity index (χ0n) is 19.9. The number of ketones is 1. The second-order valence-electron chi connectivity index (χ2n) is 7.69. The molecular weight excluding hydrogens is 470 g/mol. The largest absolute Gasteiger partial charge is 0.493 e. The number of hydrogen-bond acceptors (Lipinski definition) is 6. The van der Waals surface area contributed by atoms with Crippen LogP contribution in [0.4, 0.5) is 0 Å². The lowest BCUT2D eigenvalue weighted by Crippen LogP contribution is -2.31. The second-order valence-corrected chi connectivity index (χ2v) is 8.13. The monoisotopic (exact) mass is 497 g/mol. The molecule has 3 aromatic carbocycles. The number of nitrogens with one attached hydrogen (secondary N) is 1. The maximum Gasteiger partial charge on any atom is 0.258 e. The molecule has 0 heterocycles. The lowest BCUT2D eigenvalue weighted by Gasteiger charge is -2.17. The van der Waals surface area contributed by atoms with Crippen LogP contribution >= 0.6 is 11.6 Å². The van der Waals surface area contributed by atoms with Crippen LogP contribution in [0.15, 0.2) is 66.7 Å². The molecule has 0 aliphatic rings.